The van der Waals surface area contributed by atoms with Crippen LogP contribution in [-0.2, 0) is 4.79 Å². The molecule has 0 saturated carbocycles. The molecule has 0 fully saturated rings. The summed E-state index contributed by atoms with van der Waals surface area (Å²) in [6.45, 7) is 2.05. The van der Waals surface area contributed by atoms with E-state index in [2.05, 4.69) is 28.2 Å². The van der Waals surface area contributed by atoms with Crippen LogP contribution in [0, 0.1) is 17.2 Å². The van der Waals surface area contributed by atoms with Crippen molar-refractivity contribution < 1.29 is 4.79 Å². The Labute approximate surface area is 185 Å². The standard InChI is InChI=1S/C25H22N6O/c1-15-10-20-24(21(32)11-15)23(17-8-5-9-28-14-17)18(13-26)25(27)31(20)22-12-19(29-30-22)16-6-3-2-4-7-16/h2-9,12,14-15,23H,10-11,27H2,1H3,(H,29,30). The number of hydrogen-bond donors (Lipinski definition) is 2. The predicted octanol–water partition coefficient (Wildman–Crippen LogP) is 4.02. The third kappa shape index (κ3) is 3.17. The van der Waals surface area contributed by atoms with Gasteiger partial charge in [-0.2, -0.15) is 10.4 Å². The number of nitrogens with two attached hydrogens (primary N) is 1. The third-order valence-electron chi connectivity index (χ3n) is 6.07. The molecule has 0 radical (unpaired) electrons. The van der Waals surface area contributed by atoms with E-state index in [9.17, 15) is 10.1 Å². The number of carbonyl (C=O) groups excluding carboxylic acids is 1. The molecule has 3 heterocycles. The van der Waals surface area contributed by atoms with Crippen LogP contribution in [0.4, 0.5) is 5.82 Å². The second kappa shape index (κ2) is 7.82. The van der Waals surface area contributed by atoms with E-state index in [1.54, 1.807) is 17.3 Å². The normalized spacial score (nSPS) is 20.9. The molecule has 32 heavy (non-hydrogen) atoms. The molecule has 0 spiro atoms. The molecule has 3 N–H and O–H groups in total. The van der Waals surface area contributed by atoms with E-state index >= 15 is 0 Å². The molecule has 1 aliphatic carbocycles. The maximum Gasteiger partial charge on any atom is 0.161 e. The van der Waals surface area contributed by atoms with Crippen LogP contribution in [-0.4, -0.2) is 21.0 Å². The van der Waals surface area contributed by atoms with Crippen molar-refractivity contribution in [1.29, 1.82) is 5.26 Å². The van der Waals surface area contributed by atoms with Crippen LogP contribution in [0.1, 0.15) is 31.2 Å². The molecule has 0 bridgehead atoms. The van der Waals surface area contributed by atoms with Crippen molar-refractivity contribution in [2.75, 3.05) is 4.90 Å². The van der Waals surface area contributed by atoms with Gasteiger partial charge in [0.25, 0.3) is 0 Å². The fourth-order valence-electron chi connectivity index (χ4n) is 4.65. The number of nitriles is 1. The van der Waals surface area contributed by atoms with Crippen molar-refractivity contribution in [3.8, 4) is 17.3 Å². The van der Waals surface area contributed by atoms with Crippen LogP contribution in [0.5, 0.6) is 0 Å². The fourth-order valence-corrected chi connectivity index (χ4v) is 4.65. The first kappa shape index (κ1) is 19.8. The van der Waals surface area contributed by atoms with Crippen molar-refractivity contribution in [3.05, 3.63) is 89.2 Å². The number of aromatic amines is 1. The molecule has 2 atom stereocenters. The van der Waals surface area contributed by atoms with E-state index in [4.69, 9.17) is 5.73 Å². The number of nitrogens with one attached hydrogen (secondary N) is 1. The van der Waals surface area contributed by atoms with Gasteiger partial charge in [0.1, 0.15) is 5.82 Å². The molecule has 2 unspecified atom stereocenters. The van der Waals surface area contributed by atoms with Gasteiger partial charge in [0.05, 0.1) is 23.3 Å². The van der Waals surface area contributed by atoms with Crippen LogP contribution >= 0.6 is 0 Å². The second-order valence-corrected chi connectivity index (χ2v) is 8.27. The molecule has 1 aromatic carbocycles. The van der Waals surface area contributed by atoms with Crippen molar-refractivity contribution in [3.63, 3.8) is 0 Å². The SMILES string of the molecule is CC1CC(=O)C2=C(C1)N(c1cc(-c3ccccc3)[nH]n1)C(N)=C(C#N)C2c1cccnc1. The van der Waals surface area contributed by atoms with E-state index in [1.165, 1.54) is 0 Å². The van der Waals surface area contributed by atoms with Gasteiger partial charge in [-0.1, -0.05) is 43.3 Å². The number of carbonyl (C=O) groups is 1. The van der Waals surface area contributed by atoms with Crippen LogP contribution in [0.2, 0.25) is 0 Å². The van der Waals surface area contributed by atoms with Gasteiger partial charge in [-0.15, -0.1) is 0 Å². The number of allylic oxidation sites excluding steroid dienone is 3. The molecular formula is C25H22N6O. The van der Waals surface area contributed by atoms with E-state index in [0.717, 1.165) is 22.5 Å². The van der Waals surface area contributed by atoms with Crippen LogP contribution in [0.15, 0.2) is 83.6 Å². The Morgan fingerprint density at radius 2 is 2.00 bits per heavy atom. The van der Waals surface area contributed by atoms with Gasteiger partial charge in [-0.25, -0.2) is 0 Å². The zero-order chi connectivity index (χ0) is 22.2. The van der Waals surface area contributed by atoms with Crippen molar-refractivity contribution >= 4 is 11.6 Å². The zero-order valence-electron chi connectivity index (χ0n) is 17.6. The summed E-state index contributed by atoms with van der Waals surface area (Å²) in [6, 6.07) is 17.7. The average Bonchev–Trinajstić information content (AvgIpc) is 3.29. The predicted molar refractivity (Wildman–Crippen MR) is 121 cm³/mol. The Bertz CT molecular complexity index is 1280. The highest BCUT2D eigenvalue weighted by molar-refractivity contribution is 6.01. The highest BCUT2D eigenvalue weighted by Gasteiger charge is 2.42. The minimum Gasteiger partial charge on any atom is -0.384 e. The fraction of sp³-hybridized carbons (Fsp3) is 0.200. The van der Waals surface area contributed by atoms with Gasteiger partial charge < -0.3 is 5.73 Å². The first-order chi connectivity index (χ1) is 15.6. The third-order valence-corrected chi connectivity index (χ3v) is 6.07. The Morgan fingerprint density at radius 3 is 2.72 bits per heavy atom. The first-order valence-electron chi connectivity index (χ1n) is 10.5. The number of H-pyrrole nitrogens is 1. The number of benzene rings is 1. The Morgan fingerprint density at radius 1 is 1.19 bits per heavy atom. The number of pyridine rings is 1. The smallest absolute Gasteiger partial charge is 0.161 e. The summed E-state index contributed by atoms with van der Waals surface area (Å²) in [6.07, 6.45) is 4.48. The molecule has 7 heteroatoms. The van der Waals surface area contributed by atoms with Gasteiger partial charge in [-0.05, 0) is 29.5 Å². The van der Waals surface area contributed by atoms with E-state index in [1.807, 2.05) is 48.5 Å². The molecule has 2 aromatic heterocycles. The summed E-state index contributed by atoms with van der Waals surface area (Å²) >= 11 is 0. The number of hydrogen-bond acceptors (Lipinski definition) is 6. The summed E-state index contributed by atoms with van der Waals surface area (Å²) in [4.78, 5) is 19.3. The molecule has 7 nitrogen and oxygen atoms in total. The van der Waals surface area contributed by atoms with Crippen molar-refractivity contribution in [2.24, 2.45) is 11.7 Å². The van der Waals surface area contributed by atoms with Gasteiger partial charge in [-0.3, -0.25) is 19.8 Å². The van der Waals surface area contributed by atoms with Crippen molar-refractivity contribution in [1.82, 2.24) is 15.2 Å². The summed E-state index contributed by atoms with van der Waals surface area (Å²) in [5.41, 5.74) is 11.0. The summed E-state index contributed by atoms with van der Waals surface area (Å²) < 4.78 is 0. The van der Waals surface area contributed by atoms with Gasteiger partial charge in [0.15, 0.2) is 11.6 Å². The summed E-state index contributed by atoms with van der Waals surface area (Å²) in [5, 5.41) is 17.6. The zero-order valence-corrected chi connectivity index (χ0v) is 17.6. The van der Waals surface area contributed by atoms with Crippen LogP contribution in [0.3, 0.4) is 0 Å². The number of rotatable bonds is 3. The first-order valence-corrected chi connectivity index (χ1v) is 10.5. The number of anilines is 1. The largest absolute Gasteiger partial charge is 0.384 e. The quantitative estimate of drug-likeness (QED) is 0.659. The van der Waals surface area contributed by atoms with Gasteiger partial charge >= 0.3 is 0 Å². The lowest BCUT2D eigenvalue weighted by Crippen LogP contribution is -2.40. The van der Waals surface area contributed by atoms with Crippen LogP contribution < -0.4 is 10.6 Å². The number of ketones is 1. The number of nitrogens with zero attached hydrogens (tertiary/aromatic N) is 4. The van der Waals surface area contributed by atoms with Gasteiger partial charge in [0.2, 0.25) is 0 Å². The van der Waals surface area contributed by atoms with E-state index in [0.29, 0.717) is 35.6 Å². The summed E-state index contributed by atoms with van der Waals surface area (Å²) in [5.74, 6) is 0.549. The molecule has 5 rings (SSSR count). The number of Topliss-reactive ketones (excluding diaryl/α,β-unsaturated/α-hetero) is 1. The molecule has 3 aromatic rings. The molecule has 158 valence electrons. The van der Waals surface area contributed by atoms with E-state index < -0.39 is 5.92 Å². The lowest BCUT2D eigenvalue weighted by molar-refractivity contribution is -0.117. The van der Waals surface area contributed by atoms with Crippen LogP contribution in [0.25, 0.3) is 11.3 Å². The monoisotopic (exact) mass is 422 g/mol. The molecular weight excluding hydrogens is 400 g/mol. The molecule has 0 saturated heterocycles. The Balaban J connectivity index is 1.69. The molecule has 2 aliphatic rings. The topological polar surface area (TPSA) is 112 Å². The highest BCUT2D eigenvalue weighted by atomic mass is 16.1. The lowest BCUT2D eigenvalue weighted by Gasteiger charge is -2.39. The minimum atomic E-state index is -0.521. The maximum atomic E-state index is 13.3. The van der Waals surface area contributed by atoms with Gasteiger partial charge in [0, 0.05) is 36.2 Å². The minimum absolute atomic E-state index is 0.0386. The highest BCUT2D eigenvalue weighted by Crippen LogP contribution is 2.47. The average molecular weight is 422 g/mol. The van der Waals surface area contributed by atoms with Crippen molar-refractivity contribution in [2.45, 2.75) is 25.7 Å². The maximum absolute atomic E-state index is 13.3. The number of aromatic nitrogens is 3. The van der Waals surface area contributed by atoms with E-state index in [-0.39, 0.29) is 11.7 Å². The molecule has 1 aliphatic heterocycles. The Hall–Kier alpha value is -4.18. The second-order valence-electron chi connectivity index (χ2n) is 8.27. The molecule has 0 amide bonds. The Kier molecular flexibility index (Phi) is 4.83. The summed E-state index contributed by atoms with van der Waals surface area (Å²) in [7, 11) is 0. The lowest BCUT2D eigenvalue weighted by atomic mass is 9.74.